The predicted octanol–water partition coefficient (Wildman–Crippen LogP) is 2.13. The number of amides is 1. The summed E-state index contributed by atoms with van der Waals surface area (Å²) in [6.07, 6.45) is 0.244. The summed E-state index contributed by atoms with van der Waals surface area (Å²) in [6.45, 7) is 9.17. The maximum Gasteiger partial charge on any atom is 0.408 e. The molecule has 0 rings (SSSR count). The molecule has 88 valence electrons. The first-order chi connectivity index (χ1) is 6.76. The van der Waals surface area contributed by atoms with Gasteiger partial charge in [-0.3, -0.25) is 4.79 Å². The molecular weight excluding hydrogens is 194 g/mol. The third kappa shape index (κ3) is 6.94. The molecule has 0 aromatic rings. The highest BCUT2D eigenvalue weighted by Crippen LogP contribution is 2.06. The van der Waals surface area contributed by atoms with Crippen LogP contribution in [0, 0.1) is 5.92 Å². The molecule has 0 aromatic carbocycles. The van der Waals surface area contributed by atoms with Crippen molar-refractivity contribution >= 4 is 11.9 Å². The summed E-state index contributed by atoms with van der Waals surface area (Å²) in [5.41, 5.74) is -0.524. The molecule has 15 heavy (non-hydrogen) atoms. The number of carbonyl (C=O) groups excluding carboxylic acids is 2. The van der Waals surface area contributed by atoms with E-state index in [1.54, 1.807) is 20.8 Å². The maximum absolute atomic E-state index is 11.4. The normalized spacial score (nSPS) is 13.1. The average molecular weight is 215 g/mol. The van der Waals surface area contributed by atoms with Crippen molar-refractivity contribution in [3.63, 3.8) is 0 Å². The molecular formula is C11H21NO3. The molecule has 1 amide bonds. The molecule has 0 saturated heterocycles. The summed E-state index contributed by atoms with van der Waals surface area (Å²) < 4.78 is 5.00. The van der Waals surface area contributed by atoms with Gasteiger partial charge < -0.3 is 10.1 Å². The summed E-state index contributed by atoms with van der Waals surface area (Å²) in [5, 5.41) is 2.44. The Kier molecular flexibility index (Phi) is 5.33. The number of rotatable bonds is 4. The summed E-state index contributed by atoms with van der Waals surface area (Å²) >= 11 is 0. The fraction of sp³-hybridized carbons (Fsp3) is 0.818. The minimum absolute atomic E-state index is 0.0139. The topological polar surface area (TPSA) is 55.4 Å². The molecule has 0 aromatic heterocycles. The second kappa shape index (κ2) is 5.73. The largest absolute Gasteiger partial charge is 0.444 e. The lowest BCUT2D eigenvalue weighted by atomic mass is 10.0. The van der Waals surface area contributed by atoms with Gasteiger partial charge in [-0.25, -0.2) is 4.79 Å². The highest BCUT2D eigenvalue weighted by atomic mass is 16.6. The average Bonchev–Trinajstić information content (AvgIpc) is 2.10. The van der Waals surface area contributed by atoms with Crippen LogP contribution in [0.15, 0.2) is 0 Å². The summed E-state index contributed by atoms with van der Waals surface area (Å²) in [5.74, 6) is 0.0169. The number of hydrogen-bond donors (Lipinski definition) is 1. The minimum Gasteiger partial charge on any atom is -0.444 e. The number of ether oxygens (including phenoxy) is 1. The van der Waals surface area contributed by atoms with Crippen molar-refractivity contribution in [1.82, 2.24) is 5.32 Å². The molecule has 0 fully saturated rings. The van der Waals surface area contributed by atoms with Crippen LogP contribution in [0.5, 0.6) is 0 Å². The molecule has 0 unspecified atom stereocenters. The van der Waals surface area contributed by atoms with E-state index >= 15 is 0 Å². The third-order valence-electron chi connectivity index (χ3n) is 1.97. The van der Waals surface area contributed by atoms with E-state index in [4.69, 9.17) is 4.74 Å². The van der Waals surface area contributed by atoms with Crippen molar-refractivity contribution in [1.29, 1.82) is 0 Å². The standard InChI is InChI=1S/C11H21NO3/c1-6-8(2)9(13)7-12-10(14)15-11(3,4)5/h8H,6-7H2,1-5H3,(H,12,14)/t8-/m1/s1. The number of Topliss-reactive ketones (excluding diaryl/α,β-unsaturated/α-hetero) is 1. The number of alkyl carbamates (subject to hydrolysis) is 1. The third-order valence-corrected chi connectivity index (χ3v) is 1.97. The Balaban J connectivity index is 3.87. The number of carbonyl (C=O) groups is 2. The van der Waals surface area contributed by atoms with E-state index in [1.165, 1.54) is 0 Å². The number of hydrogen-bond acceptors (Lipinski definition) is 3. The lowest BCUT2D eigenvalue weighted by molar-refractivity contribution is -0.121. The first-order valence-corrected chi connectivity index (χ1v) is 5.25. The Labute approximate surface area is 91.4 Å². The van der Waals surface area contributed by atoms with Gasteiger partial charge >= 0.3 is 6.09 Å². The van der Waals surface area contributed by atoms with Crippen molar-refractivity contribution in [3.05, 3.63) is 0 Å². The monoisotopic (exact) mass is 215 g/mol. The van der Waals surface area contributed by atoms with E-state index in [1.807, 2.05) is 13.8 Å². The van der Waals surface area contributed by atoms with E-state index in [0.29, 0.717) is 0 Å². The molecule has 1 atom stereocenters. The highest BCUT2D eigenvalue weighted by Gasteiger charge is 2.17. The second-order valence-electron chi connectivity index (χ2n) is 4.63. The number of ketones is 1. The van der Waals surface area contributed by atoms with Gasteiger partial charge in [-0.1, -0.05) is 13.8 Å². The van der Waals surface area contributed by atoms with E-state index in [2.05, 4.69) is 5.32 Å². The van der Waals surface area contributed by atoms with Gasteiger partial charge in [0.25, 0.3) is 0 Å². The van der Waals surface area contributed by atoms with E-state index in [9.17, 15) is 9.59 Å². The van der Waals surface area contributed by atoms with Crippen molar-refractivity contribution in [2.24, 2.45) is 5.92 Å². The van der Waals surface area contributed by atoms with Gasteiger partial charge in [0.05, 0.1) is 6.54 Å². The zero-order valence-electron chi connectivity index (χ0n) is 10.2. The number of nitrogens with one attached hydrogen (secondary N) is 1. The summed E-state index contributed by atoms with van der Waals surface area (Å²) in [4.78, 5) is 22.6. The van der Waals surface area contributed by atoms with Crippen LogP contribution in [0.1, 0.15) is 41.0 Å². The SMILES string of the molecule is CC[C@@H](C)C(=O)CNC(=O)OC(C)(C)C. The second-order valence-corrected chi connectivity index (χ2v) is 4.63. The molecule has 4 heteroatoms. The molecule has 0 aliphatic rings. The lowest BCUT2D eigenvalue weighted by Crippen LogP contribution is -2.36. The van der Waals surface area contributed by atoms with Crippen LogP contribution in [0.4, 0.5) is 4.79 Å². The van der Waals surface area contributed by atoms with Crippen molar-refractivity contribution in [2.75, 3.05) is 6.54 Å². The van der Waals surface area contributed by atoms with Crippen LogP contribution >= 0.6 is 0 Å². The molecule has 0 heterocycles. The van der Waals surface area contributed by atoms with Crippen LogP contribution < -0.4 is 5.32 Å². The fourth-order valence-corrected chi connectivity index (χ4v) is 0.875. The van der Waals surface area contributed by atoms with E-state index in [0.717, 1.165) is 6.42 Å². The Morgan fingerprint density at radius 1 is 1.33 bits per heavy atom. The van der Waals surface area contributed by atoms with Gasteiger partial charge in [0.1, 0.15) is 5.60 Å². The zero-order chi connectivity index (χ0) is 12.1. The summed E-state index contributed by atoms with van der Waals surface area (Å²) in [6, 6.07) is 0. The Bertz CT molecular complexity index is 230. The van der Waals surface area contributed by atoms with Gasteiger partial charge in [0.2, 0.25) is 0 Å². The van der Waals surface area contributed by atoms with Crippen LogP contribution in [0.25, 0.3) is 0 Å². The van der Waals surface area contributed by atoms with Crippen LogP contribution in [0.2, 0.25) is 0 Å². The lowest BCUT2D eigenvalue weighted by Gasteiger charge is -2.19. The van der Waals surface area contributed by atoms with Gasteiger partial charge in [0, 0.05) is 5.92 Å². The smallest absolute Gasteiger partial charge is 0.408 e. The van der Waals surface area contributed by atoms with Crippen molar-refractivity contribution in [2.45, 2.75) is 46.6 Å². The highest BCUT2D eigenvalue weighted by molar-refractivity contribution is 5.85. The van der Waals surface area contributed by atoms with Crippen molar-refractivity contribution in [3.8, 4) is 0 Å². The van der Waals surface area contributed by atoms with Gasteiger partial charge in [0.15, 0.2) is 5.78 Å². The van der Waals surface area contributed by atoms with E-state index in [-0.39, 0.29) is 18.2 Å². The Hall–Kier alpha value is -1.06. The van der Waals surface area contributed by atoms with Crippen LogP contribution in [0.3, 0.4) is 0 Å². The fourth-order valence-electron chi connectivity index (χ4n) is 0.875. The molecule has 0 saturated carbocycles. The first kappa shape index (κ1) is 13.9. The van der Waals surface area contributed by atoms with Gasteiger partial charge in [-0.2, -0.15) is 0 Å². The molecule has 0 spiro atoms. The Morgan fingerprint density at radius 3 is 2.27 bits per heavy atom. The maximum atomic E-state index is 11.4. The van der Waals surface area contributed by atoms with Crippen LogP contribution in [-0.2, 0) is 9.53 Å². The first-order valence-electron chi connectivity index (χ1n) is 5.25. The molecule has 0 bridgehead atoms. The summed E-state index contributed by atoms with van der Waals surface area (Å²) in [7, 11) is 0. The molecule has 0 radical (unpaired) electrons. The van der Waals surface area contributed by atoms with Crippen LogP contribution in [-0.4, -0.2) is 24.0 Å². The quantitative estimate of drug-likeness (QED) is 0.781. The molecule has 1 N–H and O–H groups in total. The molecule has 4 nitrogen and oxygen atoms in total. The molecule has 0 aliphatic carbocycles. The molecule has 0 aliphatic heterocycles. The predicted molar refractivity (Wildman–Crippen MR) is 58.7 cm³/mol. The van der Waals surface area contributed by atoms with Crippen molar-refractivity contribution < 1.29 is 14.3 Å². The zero-order valence-corrected chi connectivity index (χ0v) is 10.2. The van der Waals surface area contributed by atoms with Gasteiger partial charge in [-0.05, 0) is 27.2 Å². The Morgan fingerprint density at radius 2 is 1.87 bits per heavy atom. The minimum atomic E-state index is -0.542. The van der Waals surface area contributed by atoms with E-state index < -0.39 is 11.7 Å². The van der Waals surface area contributed by atoms with Gasteiger partial charge in [-0.15, -0.1) is 0 Å².